The highest BCUT2D eigenvalue weighted by Gasteiger charge is 2.11. The average molecular weight is 387 g/mol. The van der Waals surface area contributed by atoms with Gasteiger partial charge in [0.2, 0.25) is 6.41 Å². The Morgan fingerprint density at radius 2 is 2.23 bits per heavy atom. The van der Waals surface area contributed by atoms with Gasteiger partial charge in [0.05, 0.1) is 16.0 Å². The number of rotatable bonds is 6. The van der Waals surface area contributed by atoms with Crippen molar-refractivity contribution in [1.82, 2.24) is 15.6 Å². The number of thiazole rings is 1. The number of halogens is 2. The van der Waals surface area contributed by atoms with Crippen molar-refractivity contribution in [3.63, 3.8) is 0 Å². The Bertz CT molecular complexity index is 680. The molecule has 0 fully saturated rings. The minimum Gasteiger partial charge on any atom is -0.353 e. The molecule has 3 amide bonds. The number of nitrogens with zero attached hydrogens (tertiary/aromatic N) is 1. The van der Waals surface area contributed by atoms with Crippen molar-refractivity contribution >= 4 is 44.8 Å². The van der Waals surface area contributed by atoms with Crippen LogP contribution in [0.3, 0.4) is 0 Å². The van der Waals surface area contributed by atoms with Crippen LogP contribution in [0, 0.1) is 5.82 Å². The van der Waals surface area contributed by atoms with Gasteiger partial charge in [0.1, 0.15) is 5.82 Å². The summed E-state index contributed by atoms with van der Waals surface area (Å²) in [4.78, 5) is 26.2. The van der Waals surface area contributed by atoms with E-state index in [4.69, 9.17) is 0 Å². The van der Waals surface area contributed by atoms with Crippen LogP contribution >= 0.6 is 27.3 Å². The number of hydrogen-bond donors (Lipinski definition) is 3. The second-order valence-electron chi connectivity index (χ2n) is 4.18. The Morgan fingerprint density at radius 3 is 2.95 bits per heavy atom. The van der Waals surface area contributed by atoms with Gasteiger partial charge in [-0.2, -0.15) is 0 Å². The van der Waals surface area contributed by atoms with E-state index in [2.05, 4.69) is 36.9 Å². The maximum Gasteiger partial charge on any atom is 0.321 e. The second-order valence-corrected chi connectivity index (χ2v) is 6.49. The predicted octanol–water partition coefficient (Wildman–Crippen LogP) is 2.61. The SMILES string of the molecule is O=CNCc1nc(NC(=O)NCc2cccc(F)c2)sc1Br. The van der Waals surface area contributed by atoms with Gasteiger partial charge in [-0.25, -0.2) is 14.2 Å². The van der Waals surface area contributed by atoms with Crippen LogP contribution in [0.15, 0.2) is 28.1 Å². The van der Waals surface area contributed by atoms with Crippen LogP contribution in [0.25, 0.3) is 0 Å². The lowest BCUT2D eigenvalue weighted by atomic mass is 10.2. The number of aromatic nitrogens is 1. The Morgan fingerprint density at radius 1 is 1.41 bits per heavy atom. The molecular weight excluding hydrogens is 375 g/mol. The fourth-order valence-corrected chi connectivity index (χ4v) is 3.00. The molecule has 0 saturated carbocycles. The fourth-order valence-electron chi connectivity index (χ4n) is 1.60. The molecule has 1 aromatic carbocycles. The normalized spacial score (nSPS) is 10.1. The highest BCUT2D eigenvalue weighted by atomic mass is 79.9. The van der Waals surface area contributed by atoms with Crippen LogP contribution in [0.5, 0.6) is 0 Å². The molecule has 0 radical (unpaired) electrons. The van der Waals surface area contributed by atoms with Gasteiger partial charge in [-0.05, 0) is 33.6 Å². The van der Waals surface area contributed by atoms with Crippen LogP contribution in [0.1, 0.15) is 11.3 Å². The summed E-state index contributed by atoms with van der Waals surface area (Å²) in [5.41, 5.74) is 1.28. The maximum atomic E-state index is 13.0. The van der Waals surface area contributed by atoms with E-state index in [-0.39, 0.29) is 18.9 Å². The lowest BCUT2D eigenvalue weighted by Crippen LogP contribution is -2.28. The highest BCUT2D eigenvalue weighted by molar-refractivity contribution is 9.11. The molecule has 0 atom stereocenters. The molecule has 116 valence electrons. The predicted molar refractivity (Wildman–Crippen MR) is 85.0 cm³/mol. The van der Waals surface area contributed by atoms with Gasteiger partial charge >= 0.3 is 6.03 Å². The van der Waals surface area contributed by atoms with Gasteiger partial charge in [-0.3, -0.25) is 10.1 Å². The summed E-state index contributed by atoms with van der Waals surface area (Å²) in [6.45, 7) is 0.475. The summed E-state index contributed by atoms with van der Waals surface area (Å²) in [7, 11) is 0. The highest BCUT2D eigenvalue weighted by Crippen LogP contribution is 2.28. The minimum absolute atomic E-state index is 0.204. The molecule has 0 aliphatic heterocycles. The molecule has 3 N–H and O–H groups in total. The van der Waals surface area contributed by atoms with Crippen molar-refractivity contribution in [3.8, 4) is 0 Å². The molecule has 2 aromatic rings. The van der Waals surface area contributed by atoms with E-state index >= 15 is 0 Å². The summed E-state index contributed by atoms with van der Waals surface area (Å²) in [6, 6.07) is 5.54. The number of urea groups is 1. The largest absolute Gasteiger partial charge is 0.353 e. The summed E-state index contributed by atoms with van der Waals surface area (Å²) in [6.07, 6.45) is 0.574. The van der Waals surface area contributed by atoms with Crippen LogP contribution < -0.4 is 16.0 Å². The summed E-state index contributed by atoms with van der Waals surface area (Å²) < 4.78 is 13.7. The van der Waals surface area contributed by atoms with Crippen LogP contribution in [0.2, 0.25) is 0 Å². The Hall–Kier alpha value is -2.00. The number of benzene rings is 1. The van der Waals surface area contributed by atoms with Crippen LogP contribution in [-0.2, 0) is 17.9 Å². The van der Waals surface area contributed by atoms with E-state index in [0.29, 0.717) is 22.8 Å². The lowest BCUT2D eigenvalue weighted by Gasteiger charge is -2.05. The third-order valence-electron chi connectivity index (χ3n) is 2.57. The maximum absolute atomic E-state index is 13.0. The van der Waals surface area contributed by atoms with E-state index in [0.717, 1.165) is 3.79 Å². The topological polar surface area (TPSA) is 83.1 Å². The molecule has 22 heavy (non-hydrogen) atoms. The molecule has 0 aliphatic carbocycles. The zero-order valence-corrected chi connectivity index (χ0v) is 13.6. The Labute approximate surface area is 138 Å². The molecule has 1 heterocycles. The van der Waals surface area contributed by atoms with Gasteiger partial charge in [0.25, 0.3) is 0 Å². The van der Waals surface area contributed by atoms with Crippen molar-refractivity contribution in [3.05, 3.63) is 45.1 Å². The van der Waals surface area contributed by atoms with E-state index in [1.807, 2.05) is 0 Å². The first-order valence-electron chi connectivity index (χ1n) is 6.20. The number of nitrogens with one attached hydrogen (secondary N) is 3. The number of hydrogen-bond acceptors (Lipinski definition) is 4. The third-order valence-corrected chi connectivity index (χ3v) is 4.31. The quantitative estimate of drug-likeness (QED) is 0.667. The fraction of sp³-hybridized carbons (Fsp3) is 0.154. The van der Waals surface area contributed by atoms with Crippen molar-refractivity contribution in [2.24, 2.45) is 0 Å². The number of anilines is 1. The number of amides is 3. The lowest BCUT2D eigenvalue weighted by molar-refractivity contribution is -0.109. The molecule has 1 aromatic heterocycles. The molecule has 2 rings (SSSR count). The van der Waals surface area contributed by atoms with Crippen molar-refractivity contribution in [2.45, 2.75) is 13.1 Å². The Balaban J connectivity index is 1.88. The number of carbonyl (C=O) groups excluding carboxylic acids is 2. The first kappa shape index (κ1) is 16.4. The van der Waals surface area contributed by atoms with Crippen LogP contribution in [-0.4, -0.2) is 17.4 Å². The minimum atomic E-state index is -0.444. The van der Waals surface area contributed by atoms with E-state index in [9.17, 15) is 14.0 Å². The monoisotopic (exact) mass is 386 g/mol. The first-order chi connectivity index (χ1) is 10.6. The molecule has 0 aliphatic rings. The van der Waals surface area contributed by atoms with E-state index in [1.165, 1.54) is 23.5 Å². The molecule has 0 unspecified atom stereocenters. The van der Waals surface area contributed by atoms with Crippen molar-refractivity contribution in [1.29, 1.82) is 0 Å². The zero-order chi connectivity index (χ0) is 15.9. The zero-order valence-electron chi connectivity index (χ0n) is 11.2. The summed E-state index contributed by atoms with van der Waals surface area (Å²) in [5, 5.41) is 8.08. The first-order valence-corrected chi connectivity index (χ1v) is 7.81. The smallest absolute Gasteiger partial charge is 0.321 e. The average Bonchev–Trinajstić information content (AvgIpc) is 2.83. The molecule has 9 heteroatoms. The van der Waals surface area contributed by atoms with Gasteiger partial charge in [-0.15, -0.1) is 0 Å². The van der Waals surface area contributed by atoms with Gasteiger partial charge in [0.15, 0.2) is 5.13 Å². The molecule has 0 saturated heterocycles. The van der Waals surface area contributed by atoms with Crippen molar-refractivity contribution < 1.29 is 14.0 Å². The molecule has 6 nitrogen and oxygen atoms in total. The van der Waals surface area contributed by atoms with Gasteiger partial charge in [0, 0.05) is 6.54 Å². The summed E-state index contributed by atoms with van der Waals surface area (Å²) in [5.74, 6) is -0.351. The summed E-state index contributed by atoms with van der Waals surface area (Å²) >= 11 is 4.54. The third kappa shape index (κ3) is 4.78. The van der Waals surface area contributed by atoms with E-state index in [1.54, 1.807) is 12.1 Å². The van der Waals surface area contributed by atoms with E-state index < -0.39 is 6.03 Å². The standard InChI is InChI=1S/C13H12BrFN4O2S/c14-11-10(6-16-7-20)18-13(22-11)19-12(21)17-5-8-2-1-3-9(15)4-8/h1-4,7H,5-6H2,(H,16,20)(H2,17,18,19,21). The second kappa shape index (κ2) is 7.85. The molecular formula is C13H12BrFN4O2S. The number of carbonyl (C=O) groups is 2. The molecule has 0 spiro atoms. The van der Waals surface area contributed by atoms with Gasteiger partial charge in [-0.1, -0.05) is 23.5 Å². The van der Waals surface area contributed by atoms with Crippen molar-refractivity contribution in [2.75, 3.05) is 5.32 Å². The Kier molecular flexibility index (Phi) is 5.84. The van der Waals surface area contributed by atoms with Crippen LogP contribution in [0.4, 0.5) is 14.3 Å². The molecule has 0 bridgehead atoms. The van der Waals surface area contributed by atoms with Gasteiger partial charge < -0.3 is 10.6 Å².